The Morgan fingerprint density at radius 3 is 2.31 bits per heavy atom. The molecule has 0 spiro atoms. The Hall–Kier alpha value is -0.690. The monoisotopic (exact) mass is 198 g/mol. The van der Waals surface area contributed by atoms with E-state index in [9.17, 15) is 0 Å². The molecule has 0 aliphatic carbocycles. The maximum absolute atomic E-state index is 6.01. The van der Waals surface area contributed by atoms with Crippen LogP contribution < -0.4 is 4.74 Å². The minimum absolute atomic E-state index is 0.196. The van der Waals surface area contributed by atoms with E-state index in [1.807, 2.05) is 45.9 Å². The second kappa shape index (κ2) is 3.59. The molecule has 0 radical (unpaired) electrons. The zero-order valence-electron chi connectivity index (χ0n) is 8.52. The highest BCUT2D eigenvalue weighted by Crippen LogP contribution is 2.28. The van der Waals surface area contributed by atoms with E-state index in [2.05, 4.69) is 0 Å². The molecule has 0 bridgehead atoms. The van der Waals surface area contributed by atoms with Crippen LogP contribution in [0.25, 0.3) is 0 Å². The molecule has 1 rings (SSSR count). The standard InChI is InChI=1S/C11H15ClO/c1-8-5-6-10(9(12)7-8)13-11(2,3)4/h5-7H,1-4H3. The minimum atomic E-state index is -0.196. The van der Waals surface area contributed by atoms with Crippen molar-refractivity contribution in [3.05, 3.63) is 28.8 Å². The van der Waals surface area contributed by atoms with Gasteiger partial charge in [0.2, 0.25) is 0 Å². The van der Waals surface area contributed by atoms with Crippen molar-refractivity contribution in [1.82, 2.24) is 0 Å². The Morgan fingerprint density at radius 1 is 1.23 bits per heavy atom. The lowest BCUT2D eigenvalue weighted by Gasteiger charge is -2.22. The number of halogens is 1. The molecule has 0 aliphatic rings. The molecule has 0 fully saturated rings. The Bertz CT molecular complexity index is 299. The summed E-state index contributed by atoms with van der Waals surface area (Å²) in [6.45, 7) is 8.02. The first kappa shape index (κ1) is 10.4. The van der Waals surface area contributed by atoms with Gasteiger partial charge in [0.1, 0.15) is 11.4 Å². The normalized spacial score (nSPS) is 11.5. The third-order valence-electron chi connectivity index (χ3n) is 1.50. The molecule has 72 valence electrons. The number of hydrogen-bond donors (Lipinski definition) is 0. The van der Waals surface area contributed by atoms with Gasteiger partial charge in [0.15, 0.2) is 0 Å². The van der Waals surface area contributed by atoms with Crippen molar-refractivity contribution in [3.8, 4) is 5.75 Å². The lowest BCUT2D eigenvalue weighted by Crippen LogP contribution is -2.23. The van der Waals surface area contributed by atoms with Crippen LogP contribution >= 0.6 is 11.6 Å². The fourth-order valence-corrected chi connectivity index (χ4v) is 1.29. The van der Waals surface area contributed by atoms with Gasteiger partial charge in [-0.05, 0) is 45.4 Å². The van der Waals surface area contributed by atoms with Crippen LogP contribution in [0, 0.1) is 6.92 Å². The molecule has 0 heterocycles. The molecule has 0 saturated carbocycles. The van der Waals surface area contributed by atoms with Gasteiger partial charge >= 0.3 is 0 Å². The second-order valence-corrected chi connectivity index (χ2v) is 4.56. The number of aryl methyl sites for hydroxylation is 1. The first-order valence-electron chi connectivity index (χ1n) is 4.34. The summed E-state index contributed by atoms with van der Waals surface area (Å²) in [5.74, 6) is 0.750. The predicted octanol–water partition coefficient (Wildman–Crippen LogP) is 3.83. The molecule has 1 aromatic rings. The van der Waals surface area contributed by atoms with Gasteiger partial charge in [-0.25, -0.2) is 0 Å². The third kappa shape index (κ3) is 3.27. The van der Waals surface area contributed by atoms with E-state index in [1.54, 1.807) is 0 Å². The fraction of sp³-hybridized carbons (Fsp3) is 0.455. The molecule has 0 aliphatic heterocycles. The van der Waals surface area contributed by atoms with E-state index < -0.39 is 0 Å². The smallest absolute Gasteiger partial charge is 0.138 e. The summed E-state index contributed by atoms with van der Waals surface area (Å²) >= 11 is 6.01. The summed E-state index contributed by atoms with van der Waals surface area (Å²) in [6, 6.07) is 5.80. The van der Waals surface area contributed by atoms with Gasteiger partial charge in [0.05, 0.1) is 5.02 Å². The molecule has 13 heavy (non-hydrogen) atoms. The minimum Gasteiger partial charge on any atom is -0.487 e. The number of hydrogen-bond acceptors (Lipinski definition) is 1. The van der Waals surface area contributed by atoms with Crippen LogP contribution in [0.1, 0.15) is 26.3 Å². The highest BCUT2D eigenvalue weighted by Gasteiger charge is 2.13. The van der Waals surface area contributed by atoms with Gasteiger partial charge in [-0.2, -0.15) is 0 Å². The van der Waals surface area contributed by atoms with Crippen LogP contribution in [0.3, 0.4) is 0 Å². The number of ether oxygens (including phenoxy) is 1. The van der Waals surface area contributed by atoms with Crippen molar-refractivity contribution in [3.63, 3.8) is 0 Å². The van der Waals surface area contributed by atoms with E-state index in [4.69, 9.17) is 16.3 Å². The van der Waals surface area contributed by atoms with Crippen molar-refractivity contribution in [1.29, 1.82) is 0 Å². The van der Waals surface area contributed by atoms with Crippen molar-refractivity contribution in [2.45, 2.75) is 33.3 Å². The zero-order valence-corrected chi connectivity index (χ0v) is 9.27. The van der Waals surface area contributed by atoms with Crippen molar-refractivity contribution in [2.24, 2.45) is 0 Å². The SMILES string of the molecule is Cc1ccc(OC(C)(C)C)c(Cl)c1. The van der Waals surface area contributed by atoms with Crippen LogP contribution in [0.4, 0.5) is 0 Å². The maximum atomic E-state index is 6.01. The van der Waals surface area contributed by atoms with E-state index in [-0.39, 0.29) is 5.60 Å². The second-order valence-electron chi connectivity index (χ2n) is 4.15. The molecule has 0 atom stereocenters. The lowest BCUT2D eigenvalue weighted by atomic mass is 10.2. The molecular formula is C11H15ClO. The quantitative estimate of drug-likeness (QED) is 0.667. The van der Waals surface area contributed by atoms with Crippen LogP contribution in [0.5, 0.6) is 5.75 Å². The first-order valence-corrected chi connectivity index (χ1v) is 4.71. The molecule has 0 unspecified atom stereocenters. The van der Waals surface area contributed by atoms with Crippen LogP contribution in [-0.4, -0.2) is 5.60 Å². The van der Waals surface area contributed by atoms with Crippen LogP contribution in [0.2, 0.25) is 5.02 Å². The van der Waals surface area contributed by atoms with E-state index in [0.717, 1.165) is 11.3 Å². The summed E-state index contributed by atoms with van der Waals surface area (Å²) in [7, 11) is 0. The molecule has 0 amide bonds. The van der Waals surface area contributed by atoms with Crippen LogP contribution in [0.15, 0.2) is 18.2 Å². The molecule has 0 aromatic heterocycles. The number of rotatable bonds is 1. The number of benzene rings is 1. The highest BCUT2D eigenvalue weighted by molar-refractivity contribution is 6.32. The van der Waals surface area contributed by atoms with E-state index >= 15 is 0 Å². The van der Waals surface area contributed by atoms with Gasteiger partial charge in [-0.15, -0.1) is 0 Å². The summed E-state index contributed by atoms with van der Waals surface area (Å²) in [4.78, 5) is 0. The molecule has 0 saturated heterocycles. The Kier molecular flexibility index (Phi) is 2.87. The molecule has 1 nitrogen and oxygen atoms in total. The highest BCUT2D eigenvalue weighted by atomic mass is 35.5. The largest absolute Gasteiger partial charge is 0.487 e. The van der Waals surface area contributed by atoms with Crippen molar-refractivity contribution < 1.29 is 4.74 Å². The van der Waals surface area contributed by atoms with Gasteiger partial charge in [-0.3, -0.25) is 0 Å². The van der Waals surface area contributed by atoms with Gasteiger partial charge < -0.3 is 4.74 Å². The average Bonchev–Trinajstić information content (AvgIpc) is 1.93. The van der Waals surface area contributed by atoms with Crippen LogP contribution in [-0.2, 0) is 0 Å². The molecule has 0 N–H and O–H groups in total. The third-order valence-corrected chi connectivity index (χ3v) is 1.80. The van der Waals surface area contributed by atoms with Gasteiger partial charge in [0.25, 0.3) is 0 Å². The van der Waals surface area contributed by atoms with E-state index in [1.165, 1.54) is 0 Å². The topological polar surface area (TPSA) is 9.23 Å². The summed E-state index contributed by atoms with van der Waals surface area (Å²) < 4.78 is 5.66. The van der Waals surface area contributed by atoms with Gasteiger partial charge in [-0.1, -0.05) is 17.7 Å². The molecular weight excluding hydrogens is 184 g/mol. The van der Waals surface area contributed by atoms with Crippen molar-refractivity contribution >= 4 is 11.6 Å². The predicted molar refractivity (Wildman–Crippen MR) is 56.6 cm³/mol. The molecule has 1 aromatic carbocycles. The zero-order chi connectivity index (χ0) is 10.1. The summed E-state index contributed by atoms with van der Waals surface area (Å²) in [5, 5.41) is 0.676. The summed E-state index contributed by atoms with van der Waals surface area (Å²) in [6.07, 6.45) is 0. The van der Waals surface area contributed by atoms with Gasteiger partial charge in [0, 0.05) is 0 Å². The average molecular weight is 199 g/mol. The first-order chi connectivity index (χ1) is 5.88. The van der Waals surface area contributed by atoms with Crippen molar-refractivity contribution in [2.75, 3.05) is 0 Å². The Morgan fingerprint density at radius 2 is 1.85 bits per heavy atom. The molecule has 2 heteroatoms. The van der Waals surface area contributed by atoms with E-state index in [0.29, 0.717) is 5.02 Å². The fourth-order valence-electron chi connectivity index (χ4n) is 1.02. The maximum Gasteiger partial charge on any atom is 0.138 e. The summed E-state index contributed by atoms with van der Waals surface area (Å²) in [5.41, 5.74) is 0.949. The Labute approximate surface area is 84.7 Å². The Balaban J connectivity index is 2.90. The lowest BCUT2D eigenvalue weighted by molar-refractivity contribution is 0.131.